The van der Waals surface area contributed by atoms with Gasteiger partial charge in [-0.3, -0.25) is 4.79 Å². The molecule has 0 spiro atoms. The first-order valence-corrected chi connectivity index (χ1v) is 13.8. The van der Waals surface area contributed by atoms with E-state index in [1.807, 2.05) is 65.9 Å². The van der Waals surface area contributed by atoms with Gasteiger partial charge in [-0.25, -0.2) is 0 Å². The second-order valence-corrected chi connectivity index (χ2v) is 15.8. The topological polar surface area (TPSA) is 48.0 Å². The Labute approximate surface area is 184 Å². The van der Waals surface area contributed by atoms with Crippen LogP contribution in [-0.2, 0) is 13.7 Å². The van der Waals surface area contributed by atoms with Gasteiger partial charge in [0.2, 0.25) is 0 Å². The average Bonchev–Trinajstić information content (AvgIpc) is 2.80. The minimum atomic E-state index is -1.86. The molecule has 0 aromatic heterocycles. The molecule has 0 aliphatic carbocycles. The fourth-order valence-electron chi connectivity index (χ4n) is 3.17. The third-order valence-electron chi connectivity index (χ3n) is 6.86. The van der Waals surface area contributed by atoms with Crippen LogP contribution in [0.2, 0.25) is 18.1 Å². The first-order valence-electron chi connectivity index (χ1n) is 10.9. The maximum atomic E-state index is 12.9. The van der Waals surface area contributed by atoms with Gasteiger partial charge in [-0.05, 0) is 70.3 Å². The number of benzene rings is 1. The summed E-state index contributed by atoms with van der Waals surface area (Å²) in [7, 11) is -0.453. The van der Waals surface area contributed by atoms with Gasteiger partial charge in [-0.15, -0.1) is 0 Å². The molecule has 1 heterocycles. The molecule has 1 atom stereocenters. The summed E-state index contributed by atoms with van der Waals surface area (Å²) in [4.78, 5) is 14.6. The molecule has 1 aromatic carbocycles. The quantitative estimate of drug-likeness (QED) is 0.622. The van der Waals surface area contributed by atoms with E-state index in [0.29, 0.717) is 12.1 Å². The fourth-order valence-corrected chi connectivity index (χ4v) is 4.60. The highest BCUT2D eigenvalue weighted by Crippen LogP contribution is 2.37. The third kappa shape index (κ3) is 5.36. The van der Waals surface area contributed by atoms with Crippen molar-refractivity contribution >= 4 is 26.8 Å². The lowest BCUT2D eigenvalue weighted by atomic mass is 9.79. The summed E-state index contributed by atoms with van der Waals surface area (Å²) in [6, 6.07) is 7.52. The van der Waals surface area contributed by atoms with Gasteiger partial charge in [0.15, 0.2) is 8.32 Å². The van der Waals surface area contributed by atoms with E-state index in [0.717, 1.165) is 5.46 Å². The second kappa shape index (κ2) is 8.41. The monoisotopic (exact) mass is 433 g/mol. The van der Waals surface area contributed by atoms with Gasteiger partial charge in [0.05, 0.1) is 17.3 Å². The van der Waals surface area contributed by atoms with Crippen LogP contribution in [0, 0.1) is 0 Å². The van der Waals surface area contributed by atoms with Gasteiger partial charge in [0.25, 0.3) is 5.91 Å². The lowest BCUT2D eigenvalue weighted by Crippen LogP contribution is -2.46. The molecule has 1 aromatic rings. The minimum absolute atomic E-state index is 0.0103. The van der Waals surface area contributed by atoms with Crippen LogP contribution < -0.4 is 5.46 Å². The standard InChI is InChI=1S/C23H40BNO4Si/c1-17(27-30(10,11)21(2,3)4)16-25(9)20(26)18-12-14-19(15-13-18)24-28-22(5,6)23(7,8)29-24/h12-15,17H,16H2,1-11H3. The van der Waals surface area contributed by atoms with E-state index in [1.54, 1.807) is 4.90 Å². The molecule has 1 saturated heterocycles. The lowest BCUT2D eigenvalue weighted by molar-refractivity contribution is 0.00578. The van der Waals surface area contributed by atoms with Crippen molar-refractivity contribution in [1.82, 2.24) is 4.90 Å². The number of rotatable bonds is 6. The molecule has 2 rings (SSSR count). The third-order valence-corrected chi connectivity index (χ3v) is 11.5. The normalized spacial score (nSPS) is 19.6. The molecule has 5 nitrogen and oxygen atoms in total. The SMILES string of the molecule is CC(CN(C)C(=O)c1ccc(B2OC(C)(C)C(C)(C)O2)cc1)O[Si](C)(C)C(C)(C)C. The van der Waals surface area contributed by atoms with E-state index in [2.05, 4.69) is 33.9 Å². The van der Waals surface area contributed by atoms with Gasteiger partial charge in [0.1, 0.15) is 0 Å². The van der Waals surface area contributed by atoms with Crippen molar-refractivity contribution in [2.45, 2.75) is 90.8 Å². The maximum absolute atomic E-state index is 12.9. The maximum Gasteiger partial charge on any atom is 0.494 e. The summed E-state index contributed by atoms with van der Waals surface area (Å²) in [6.45, 7) is 21.9. The predicted octanol–water partition coefficient (Wildman–Crippen LogP) is 4.47. The zero-order valence-electron chi connectivity index (χ0n) is 20.8. The Morgan fingerprint density at radius 2 is 1.57 bits per heavy atom. The number of likely N-dealkylation sites (N-methyl/N-ethyl adjacent to an activating group) is 1. The molecule has 0 radical (unpaired) electrons. The van der Waals surface area contributed by atoms with E-state index in [9.17, 15) is 4.79 Å². The van der Waals surface area contributed by atoms with Crippen LogP contribution in [0.25, 0.3) is 0 Å². The Balaban J connectivity index is 2.01. The Bertz CT molecular complexity index is 739. The van der Waals surface area contributed by atoms with Crippen molar-refractivity contribution in [2.24, 2.45) is 0 Å². The van der Waals surface area contributed by atoms with Crippen LogP contribution in [-0.4, -0.2) is 57.1 Å². The lowest BCUT2D eigenvalue weighted by Gasteiger charge is -2.39. The molecule has 1 unspecified atom stereocenters. The van der Waals surface area contributed by atoms with Gasteiger partial charge >= 0.3 is 7.12 Å². The predicted molar refractivity (Wildman–Crippen MR) is 127 cm³/mol. The molecule has 1 aliphatic rings. The largest absolute Gasteiger partial charge is 0.494 e. The molecule has 1 fully saturated rings. The Morgan fingerprint density at radius 1 is 1.10 bits per heavy atom. The molecule has 1 aliphatic heterocycles. The van der Waals surface area contributed by atoms with E-state index in [1.165, 1.54) is 0 Å². The summed E-state index contributed by atoms with van der Waals surface area (Å²) in [5, 5.41) is 0.146. The van der Waals surface area contributed by atoms with Gasteiger partial charge in [-0.1, -0.05) is 32.9 Å². The van der Waals surface area contributed by atoms with Crippen LogP contribution in [0.5, 0.6) is 0 Å². The molecular formula is C23H40BNO4Si. The van der Waals surface area contributed by atoms with Crippen molar-refractivity contribution < 1.29 is 18.5 Å². The van der Waals surface area contributed by atoms with Crippen LogP contribution in [0.1, 0.15) is 65.7 Å². The molecule has 0 saturated carbocycles. The first kappa shape index (κ1) is 25.1. The van der Waals surface area contributed by atoms with Crippen molar-refractivity contribution in [3.8, 4) is 0 Å². The zero-order chi connectivity index (χ0) is 23.1. The minimum Gasteiger partial charge on any atom is -0.412 e. The number of carbonyl (C=O) groups excluding carboxylic acids is 1. The molecule has 1 amide bonds. The summed E-state index contributed by atoms with van der Waals surface area (Å²) >= 11 is 0. The van der Waals surface area contributed by atoms with Crippen LogP contribution in [0.3, 0.4) is 0 Å². The number of nitrogens with zero attached hydrogens (tertiary/aromatic N) is 1. The Morgan fingerprint density at radius 3 is 2.00 bits per heavy atom. The summed E-state index contributed by atoms with van der Waals surface area (Å²) in [5.74, 6) is -0.0128. The average molecular weight is 433 g/mol. The molecule has 30 heavy (non-hydrogen) atoms. The van der Waals surface area contributed by atoms with E-state index >= 15 is 0 Å². The van der Waals surface area contributed by atoms with E-state index in [4.69, 9.17) is 13.7 Å². The second-order valence-electron chi connectivity index (χ2n) is 11.1. The fraction of sp³-hybridized carbons (Fsp3) is 0.696. The molecule has 0 bridgehead atoms. The number of carbonyl (C=O) groups is 1. The van der Waals surface area contributed by atoms with E-state index in [-0.39, 0.29) is 28.3 Å². The van der Waals surface area contributed by atoms with E-state index < -0.39 is 15.4 Å². The van der Waals surface area contributed by atoms with Gasteiger partial charge in [0, 0.05) is 19.2 Å². The summed E-state index contributed by atoms with van der Waals surface area (Å²) < 4.78 is 18.6. The molecule has 0 N–H and O–H groups in total. The summed E-state index contributed by atoms with van der Waals surface area (Å²) in [5.41, 5.74) is 0.805. The highest BCUT2D eigenvalue weighted by molar-refractivity contribution is 6.74. The highest BCUT2D eigenvalue weighted by atomic mass is 28.4. The Kier molecular flexibility index (Phi) is 7.04. The molecule has 168 valence electrons. The molecular weight excluding hydrogens is 393 g/mol. The van der Waals surface area contributed by atoms with Crippen molar-refractivity contribution in [1.29, 1.82) is 0 Å². The zero-order valence-corrected chi connectivity index (χ0v) is 21.8. The number of amides is 1. The number of hydrogen-bond acceptors (Lipinski definition) is 4. The highest BCUT2D eigenvalue weighted by Gasteiger charge is 2.51. The van der Waals surface area contributed by atoms with Crippen molar-refractivity contribution in [3.63, 3.8) is 0 Å². The van der Waals surface area contributed by atoms with Gasteiger partial charge < -0.3 is 18.6 Å². The smallest absolute Gasteiger partial charge is 0.412 e. The van der Waals surface area contributed by atoms with Gasteiger partial charge in [-0.2, -0.15) is 0 Å². The van der Waals surface area contributed by atoms with Crippen LogP contribution >= 0.6 is 0 Å². The first-order chi connectivity index (χ1) is 13.5. The number of hydrogen-bond donors (Lipinski definition) is 0. The Hall–Kier alpha value is -1.15. The van der Waals surface area contributed by atoms with Crippen molar-refractivity contribution in [2.75, 3.05) is 13.6 Å². The van der Waals surface area contributed by atoms with Crippen LogP contribution in [0.4, 0.5) is 0 Å². The van der Waals surface area contributed by atoms with Crippen molar-refractivity contribution in [3.05, 3.63) is 29.8 Å². The molecule has 7 heteroatoms. The van der Waals surface area contributed by atoms with Crippen LogP contribution in [0.15, 0.2) is 24.3 Å². The summed E-state index contributed by atoms with van der Waals surface area (Å²) in [6.07, 6.45) is -0.0103.